The van der Waals surface area contributed by atoms with E-state index in [-0.39, 0.29) is 17.6 Å². The van der Waals surface area contributed by atoms with Gasteiger partial charge in [0.1, 0.15) is 5.75 Å². The van der Waals surface area contributed by atoms with Crippen molar-refractivity contribution in [2.24, 2.45) is 0 Å². The Morgan fingerprint density at radius 3 is 2.49 bits per heavy atom. The maximum atomic E-state index is 12.5. The highest BCUT2D eigenvalue weighted by molar-refractivity contribution is 7.99. The minimum Gasteiger partial charge on any atom is -0.495 e. The van der Waals surface area contributed by atoms with Gasteiger partial charge in [0.2, 0.25) is 11.1 Å². The molecule has 0 unspecified atom stereocenters. The molecular formula is C23H24N8O3S. The molecule has 0 aliphatic carbocycles. The van der Waals surface area contributed by atoms with Crippen LogP contribution in [0.5, 0.6) is 5.75 Å². The van der Waals surface area contributed by atoms with Crippen molar-refractivity contribution in [3.63, 3.8) is 0 Å². The lowest BCUT2D eigenvalue weighted by Gasteiger charge is -2.10. The number of carbonyl (C=O) groups is 2. The fourth-order valence-corrected chi connectivity index (χ4v) is 3.97. The summed E-state index contributed by atoms with van der Waals surface area (Å²) >= 11 is 1.15. The number of ether oxygens (including phenoxy) is 1. The van der Waals surface area contributed by atoms with Crippen LogP contribution in [0.4, 0.5) is 11.4 Å². The summed E-state index contributed by atoms with van der Waals surface area (Å²) in [5.41, 5.74) is 3.28. The zero-order chi connectivity index (χ0) is 24.9. The molecule has 4 N–H and O–H groups in total. The van der Waals surface area contributed by atoms with Gasteiger partial charge in [-0.15, -0.1) is 10.2 Å². The molecule has 0 fully saturated rings. The average molecular weight is 493 g/mol. The SMILES string of the molecule is COc1ccccc1NC(=O)c1ccc(NC(=O)CSc2nnc(-n3nc(C)cc3C)n2N)cc1. The van der Waals surface area contributed by atoms with E-state index in [0.29, 0.717) is 33.8 Å². The Labute approximate surface area is 205 Å². The number of thioether (sulfide) groups is 1. The molecule has 0 saturated heterocycles. The zero-order valence-electron chi connectivity index (χ0n) is 19.3. The molecule has 0 spiro atoms. The van der Waals surface area contributed by atoms with E-state index in [1.807, 2.05) is 32.0 Å². The summed E-state index contributed by atoms with van der Waals surface area (Å²) < 4.78 is 8.14. The Bertz CT molecular complexity index is 1360. The van der Waals surface area contributed by atoms with E-state index >= 15 is 0 Å². The molecule has 2 amide bonds. The number of nitrogens with zero attached hydrogens (tertiary/aromatic N) is 5. The molecule has 0 saturated carbocycles. The van der Waals surface area contributed by atoms with Crippen molar-refractivity contribution in [3.8, 4) is 11.7 Å². The lowest BCUT2D eigenvalue weighted by molar-refractivity contribution is -0.113. The normalized spacial score (nSPS) is 10.7. The van der Waals surface area contributed by atoms with Crippen molar-refractivity contribution in [3.05, 3.63) is 71.5 Å². The van der Waals surface area contributed by atoms with Crippen molar-refractivity contribution in [2.45, 2.75) is 19.0 Å². The number of hydrogen-bond donors (Lipinski definition) is 3. The van der Waals surface area contributed by atoms with Gasteiger partial charge in [0.05, 0.1) is 24.2 Å². The summed E-state index contributed by atoms with van der Waals surface area (Å²) in [5.74, 6) is 6.56. The Hall–Kier alpha value is -4.32. The minimum atomic E-state index is -0.288. The van der Waals surface area contributed by atoms with Crippen LogP contribution in [0.3, 0.4) is 0 Å². The van der Waals surface area contributed by atoms with Crippen LogP contribution in [-0.4, -0.2) is 49.3 Å². The van der Waals surface area contributed by atoms with Gasteiger partial charge in [0.25, 0.3) is 11.9 Å². The van der Waals surface area contributed by atoms with Crippen LogP contribution in [0.25, 0.3) is 5.95 Å². The quantitative estimate of drug-likeness (QED) is 0.252. The van der Waals surface area contributed by atoms with Crippen molar-refractivity contribution < 1.29 is 14.3 Å². The summed E-state index contributed by atoms with van der Waals surface area (Å²) in [4.78, 5) is 25.0. The highest BCUT2D eigenvalue weighted by Crippen LogP contribution is 2.24. The predicted molar refractivity (Wildman–Crippen MR) is 134 cm³/mol. The Morgan fingerprint density at radius 2 is 1.80 bits per heavy atom. The van der Waals surface area contributed by atoms with Gasteiger partial charge in [0.15, 0.2) is 0 Å². The summed E-state index contributed by atoms with van der Waals surface area (Å²) in [5, 5.41) is 18.5. The number of methoxy groups -OCH3 is 1. The predicted octanol–water partition coefficient (Wildman–Crippen LogP) is 2.79. The van der Waals surface area contributed by atoms with E-state index in [4.69, 9.17) is 10.6 Å². The molecular weight excluding hydrogens is 468 g/mol. The van der Waals surface area contributed by atoms with Gasteiger partial charge in [-0.2, -0.15) is 5.10 Å². The number of hydrogen-bond acceptors (Lipinski definition) is 8. The van der Waals surface area contributed by atoms with Crippen LogP contribution < -0.4 is 21.2 Å². The number of para-hydroxylation sites is 2. The van der Waals surface area contributed by atoms with Crippen molar-refractivity contribution in [1.29, 1.82) is 0 Å². The summed E-state index contributed by atoms with van der Waals surface area (Å²) in [7, 11) is 1.54. The third-order valence-corrected chi connectivity index (χ3v) is 5.91. The highest BCUT2D eigenvalue weighted by Gasteiger charge is 2.16. The molecule has 11 nitrogen and oxygen atoms in total. The molecule has 4 aromatic rings. The monoisotopic (exact) mass is 492 g/mol. The van der Waals surface area contributed by atoms with Crippen LogP contribution >= 0.6 is 11.8 Å². The topological polar surface area (TPSA) is 142 Å². The molecule has 2 aromatic heterocycles. The highest BCUT2D eigenvalue weighted by atomic mass is 32.2. The average Bonchev–Trinajstić information content (AvgIpc) is 3.38. The van der Waals surface area contributed by atoms with E-state index in [0.717, 1.165) is 23.1 Å². The smallest absolute Gasteiger partial charge is 0.271 e. The van der Waals surface area contributed by atoms with E-state index in [1.165, 1.54) is 11.8 Å². The molecule has 2 heterocycles. The van der Waals surface area contributed by atoms with E-state index in [9.17, 15) is 9.59 Å². The summed E-state index contributed by atoms with van der Waals surface area (Å²) in [6.45, 7) is 3.77. The number of nitrogen functional groups attached to an aromatic ring is 1. The molecule has 0 atom stereocenters. The second-order valence-electron chi connectivity index (χ2n) is 7.56. The third-order valence-electron chi connectivity index (χ3n) is 4.96. The van der Waals surface area contributed by atoms with Crippen LogP contribution in [0.2, 0.25) is 0 Å². The number of nitrogens with one attached hydrogen (secondary N) is 2. The number of benzene rings is 2. The molecule has 12 heteroatoms. The Morgan fingerprint density at radius 1 is 1.06 bits per heavy atom. The van der Waals surface area contributed by atoms with Crippen molar-refractivity contribution >= 4 is 35.0 Å². The summed E-state index contributed by atoms with van der Waals surface area (Å²) in [6, 6.07) is 15.6. The number of rotatable bonds is 8. The molecule has 0 aliphatic heterocycles. The molecule has 180 valence electrons. The lowest BCUT2D eigenvalue weighted by atomic mass is 10.2. The third kappa shape index (κ3) is 5.44. The van der Waals surface area contributed by atoms with Gasteiger partial charge in [0, 0.05) is 16.9 Å². The number of anilines is 2. The molecule has 0 radical (unpaired) electrons. The van der Waals surface area contributed by atoms with E-state index in [1.54, 1.807) is 41.1 Å². The van der Waals surface area contributed by atoms with Gasteiger partial charge < -0.3 is 21.2 Å². The number of nitrogens with two attached hydrogens (primary N) is 1. The first-order valence-corrected chi connectivity index (χ1v) is 11.6. The first-order chi connectivity index (χ1) is 16.9. The second kappa shape index (κ2) is 10.3. The van der Waals surface area contributed by atoms with Crippen LogP contribution in [0.15, 0.2) is 59.8 Å². The molecule has 0 aliphatic rings. The first-order valence-electron chi connectivity index (χ1n) is 10.6. The second-order valence-corrected chi connectivity index (χ2v) is 8.50. The number of amides is 2. The number of aromatic nitrogens is 5. The Balaban J connectivity index is 1.33. The molecule has 4 rings (SSSR count). The van der Waals surface area contributed by atoms with Crippen LogP contribution in [0, 0.1) is 13.8 Å². The fourth-order valence-electron chi connectivity index (χ4n) is 3.32. The van der Waals surface area contributed by atoms with Crippen LogP contribution in [0.1, 0.15) is 21.7 Å². The number of carbonyl (C=O) groups excluding carboxylic acids is 2. The van der Waals surface area contributed by atoms with Crippen molar-refractivity contribution in [2.75, 3.05) is 29.3 Å². The first kappa shape index (κ1) is 23.8. The standard InChI is InChI=1S/C23H24N8O3S/c1-14-12-15(2)31(29-14)22-27-28-23(30(22)24)35-13-20(32)25-17-10-8-16(9-11-17)21(33)26-18-6-4-5-7-19(18)34-3/h4-12H,13,24H2,1-3H3,(H,25,32)(H,26,33). The van der Waals surface area contributed by atoms with Gasteiger partial charge in [-0.05, 0) is 56.3 Å². The lowest BCUT2D eigenvalue weighted by Crippen LogP contribution is -2.19. The summed E-state index contributed by atoms with van der Waals surface area (Å²) in [6.07, 6.45) is 0. The molecule has 35 heavy (non-hydrogen) atoms. The van der Waals surface area contributed by atoms with Crippen LogP contribution in [-0.2, 0) is 4.79 Å². The largest absolute Gasteiger partial charge is 0.495 e. The Kier molecular flexibility index (Phi) is 7.01. The molecule has 0 bridgehead atoms. The van der Waals surface area contributed by atoms with E-state index < -0.39 is 0 Å². The van der Waals surface area contributed by atoms with Gasteiger partial charge >= 0.3 is 0 Å². The van der Waals surface area contributed by atoms with Crippen molar-refractivity contribution in [1.82, 2.24) is 24.7 Å². The maximum Gasteiger partial charge on any atom is 0.271 e. The number of aryl methyl sites for hydroxylation is 2. The van der Waals surface area contributed by atoms with Gasteiger partial charge in [-0.25, -0.2) is 9.36 Å². The van der Waals surface area contributed by atoms with E-state index in [2.05, 4.69) is 25.9 Å². The molecule has 2 aromatic carbocycles. The fraction of sp³-hybridized carbons (Fsp3) is 0.174. The van der Waals surface area contributed by atoms with Gasteiger partial charge in [-0.3, -0.25) is 9.59 Å². The minimum absolute atomic E-state index is 0.0719. The zero-order valence-corrected chi connectivity index (χ0v) is 20.2. The van der Waals surface area contributed by atoms with Gasteiger partial charge in [-0.1, -0.05) is 23.9 Å². The maximum absolute atomic E-state index is 12.5.